The van der Waals surface area contributed by atoms with Crippen LogP contribution in [0.3, 0.4) is 0 Å². The van der Waals surface area contributed by atoms with Crippen LogP contribution in [0.2, 0.25) is 0 Å². The number of aryl methyl sites for hydroxylation is 1. The summed E-state index contributed by atoms with van der Waals surface area (Å²) in [5, 5.41) is 0. The first-order chi connectivity index (χ1) is 17.1. The predicted molar refractivity (Wildman–Crippen MR) is 146 cm³/mol. The van der Waals surface area contributed by atoms with Crippen LogP contribution in [0.15, 0.2) is 70.3 Å². The van der Waals surface area contributed by atoms with E-state index in [9.17, 15) is 0 Å². The van der Waals surface area contributed by atoms with E-state index in [1.165, 1.54) is 61.8 Å². The van der Waals surface area contributed by atoms with Crippen molar-refractivity contribution in [2.75, 3.05) is 0 Å². The number of rotatable bonds is 4. The zero-order chi connectivity index (χ0) is 24.6. The number of halogens is 2. The van der Waals surface area contributed by atoms with Gasteiger partial charge in [0.1, 0.15) is 0 Å². The molecule has 0 saturated heterocycles. The van der Waals surface area contributed by atoms with Gasteiger partial charge in [-0.25, -0.2) is 4.98 Å². The molecule has 2 unspecified atom stereocenters. The van der Waals surface area contributed by atoms with Crippen LogP contribution in [0.4, 0.5) is 5.69 Å². The van der Waals surface area contributed by atoms with E-state index in [2.05, 4.69) is 68.5 Å². The first-order valence-electron chi connectivity index (χ1n) is 12.5. The fourth-order valence-electron chi connectivity index (χ4n) is 5.49. The summed E-state index contributed by atoms with van der Waals surface area (Å²) in [7, 11) is 9.53. The minimum atomic E-state index is 0.194. The molecule has 1 saturated carbocycles. The van der Waals surface area contributed by atoms with Gasteiger partial charge in [0.2, 0.25) is 0 Å². The molecule has 35 heavy (non-hydrogen) atoms. The van der Waals surface area contributed by atoms with Crippen LogP contribution in [0.5, 0.6) is 0 Å². The standard InChI is InChI=1S/C29H33N3.2ClH.Fe/c1-20(30-28-18-7-12-22-10-3-5-14-24(22)28)26-16-9-17-27(32-26)21(2)31-29-19-8-13-23-11-4-6-15-25(23)29;;;/h7-9,12-13,16-19,22,24H,3-6,10-11,14-15H2,1-2H3;2*1H;/q;;;+2/p-2. The average molecular weight is 550 g/mol. The summed E-state index contributed by atoms with van der Waals surface area (Å²) in [5.74, 6) is 1.23. The van der Waals surface area contributed by atoms with Crippen molar-refractivity contribution in [2.24, 2.45) is 21.8 Å². The number of nitrogens with zero attached hydrogens (tertiary/aromatic N) is 3. The molecule has 1 aromatic carbocycles. The van der Waals surface area contributed by atoms with Crippen LogP contribution < -0.4 is 0 Å². The number of aliphatic imine (C=N–C) groups is 2. The molecule has 0 aliphatic heterocycles. The summed E-state index contributed by atoms with van der Waals surface area (Å²) in [6.07, 6.45) is 16.8. The molecule has 1 fully saturated rings. The molecule has 0 radical (unpaired) electrons. The fourth-order valence-corrected chi connectivity index (χ4v) is 5.49. The molecule has 6 heteroatoms. The Morgan fingerprint density at radius 2 is 1.57 bits per heavy atom. The van der Waals surface area contributed by atoms with Gasteiger partial charge in [-0.2, -0.15) is 0 Å². The summed E-state index contributed by atoms with van der Waals surface area (Å²) in [5.41, 5.74) is 9.04. The summed E-state index contributed by atoms with van der Waals surface area (Å²) < 4.78 is 0. The number of hydrogen-bond donors (Lipinski definition) is 0. The molecule has 0 amide bonds. The van der Waals surface area contributed by atoms with Crippen molar-refractivity contribution in [3.8, 4) is 0 Å². The quantitative estimate of drug-likeness (QED) is 0.278. The molecule has 0 bridgehead atoms. The van der Waals surface area contributed by atoms with Crippen molar-refractivity contribution < 1.29 is 13.1 Å². The first kappa shape index (κ1) is 26.4. The van der Waals surface area contributed by atoms with Crippen LogP contribution in [0, 0.1) is 11.8 Å². The SMILES string of the molecule is CC(=NC1=CC=CC2CCCCC12)c1cccc(C(C)=Nc2cccc3c2CCCC3)n1.[Cl][Fe][Cl]. The van der Waals surface area contributed by atoms with Crippen molar-refractivity contribution in [3.63, 3.8) is 0 Å². The number of benzene rings is 1. The van der Waals surface area contributed by atoms with Gasteiger partial charge in [-0.3, -0.25) is 9.98 Å². The number of hydrogen-bond acceptors (Lipinski definition) is 3. The van der Waals surface area contributed by atoms with Gasteiger partial charge in [0.05, 0.1) is 28.5 Å². The molecule has 2 aromatic rings. The van der Waals surface area contributed by atoms with Crippen molar-refractivity contribution in [3.05, 3.63) is 82.8 Å². The molecule has 1 heterocycles. The fraction of sp³-hybridized carbons (Fsp3) is 0.414. The Hall–Kier alpha value is -1.71. The van der Waals surface area contributed by atoms with Gasteiger partial charge in [-0.05, 0) is 93.7 Å². The van der Waals surface area contributed by atoms with E-state index in [4.69, 9.17) is 35.2 Å². The third kappa shape index (κ3) is 6.74. The first-order valence-corrected chi connectivity index (χ1v) is 15.6. The third-order valence-corrected chi connectivity index (χ3v) is 7.27. The Balaban J connectivity index is 0.000000917. The molecule has 1 aromatic heterocycles. The Bertz CT molecular complexity index is 1150. The zero-order valence-electron chi connectivity index (χ0n) is 20.5. The predicted octanol–water partition coefficient (Wildman–Crippen LogP) is 8.55. The maximum atomic E-state index is 5.06. The molecule has 3 aliphatic carbocycles. The molecule has 2 atom stereocenters. The molecular weight excluding hydrogens is 517 g/mol. The molecule has 3 aliphatic rings. The monoisotopic (exact) mass is 549 g/mol. The topological polar surface area (TPSA) is 37.6 Å². The van der Waals surface area contributed by atoms with Gasteiger partial charge in [-0.1, -0.05) is 43.2 Å². The Labute approximate surface area is 224 Å². The zero-order valence-corrected chi connectivity index (χ0v) is 23.1. The van der Waals surface area contributed by atoms with Gasteiger partial charge in [0, 0.05) is 11.6 Å². The van der Waals surface area contributed by atoms with Crippen LogP contribution in [-0.4, -0.2) is 16.4 Å². The Morgan fingerprint density at radius 3 is 2.37 bits per heavy atom. The average Bonchev–Trinajstić information content (AvgIpc) is 2.89. The van der Waals surface area contributed by atoms with Crippen LogP contribution in [0.25, 0.3) is 0 Å². The Morgan fingerprint density at radius 1 is 0.886 bits per heavy atom. The van der Waals surface area contributed by atoms with E-state index >= 15 is 0 Å². The molecule has 3 nitrogen and oxygen atoms in total. The molecule has 0 spiro atoms. The third-order valence-electron chi connectivity index (χ3n) is 7.27. The van der Waals surface area contributed by atoms with E-state index < -0.39 is 0 Å². The van der Waals surface area contributed by atoms with E-state index in [0.717, 1.165) is 34.9 Å². The minimum absolute atomic E-state index is 0.194. The maximum absolute atomic E-state index is 5.06. The number of pyridine rings is 1. The van der Waals surface area contributed by atoms with Gasteiger partial charge < -0.3 is 0 Å². The van der Waals surface area contributed by atoms with Crippen LogP contribution in [-0.2, 0) is 26.0 Å². The normalized spacial score (nSPS) is 22.0. The van der Waals surface area contributed by atoms with Crippen LogP contribution >= 0.6 is 20.2 Å². The van der Waals surface area contributed by atoms with Crippen molar-refractivity contribution in [1.82, 2.24) is 4.98 Å². The second-order valence-corrected chi connectivity index (χ2v) is 11.3. The van der Waals surface area contributed by atoms with Crippen molar-refractivity contribution >= 4 is 37.3 Å². The van der Waals surface area contributed by atoms with Gasteiger partial charge in [0.25, 0.3) is 0 Å². The molecule has 0 N–H and O–H groups in total. The summed E-state index contributed by atoms with van der Waals surface area (Å²) >= 11 is 0.194. The van der Waals surface area contributed by atoms with Crippen molar-refractivity contribution in [2.45, 2.75) is 65.2 Å². The van der Waals surface area contributed by atoms with Crippen molar-refractivity contribution in [1.29, 1.82) is 0 Å². The summed E-state index contributed by atoms with van der Waals surface area (Å²) in [6.45, 7) is 4.16. The van der Waals surface area contributed by atoms with E-state index in [1.807, 2.05) is 0 Å². The summed E-state index contributed by atoms with van der Waals surface area (Å²) in [4.78, 5) is 15.0. The van der Waals surface area contributed by atoms with Gasteiger partial charge in [0.15, 0.2) is 0 Å². The van der Waals surface area contributed by atoms with E-state index in [-0.39, 0.29) is 13.1 Å². The molecule has 5 rings (SSSR count). The molecular formula is C29H33Cl2FeN3. The van der Waals surface area contributed by atoms with Crippen LogP contribution in [0.1, 0.15) is 74.9 Å². The molecule has 186 valence electrons. The second-order valence-electron chi connectivity index (χ2n) is 9.51. The summed E-state index contributed by atoms with van der Waals surface area (Å²) in [6, 6.07) is 12.8. The van der Waals surface area contributed by atoms with Gasteiger partial charge >= 0.3 is 33.3 Å². The Kier molecular flexibility index (Phi) is 9.80. The van der Waals surface area contributed by atoms with E-state index in [1.54, 1.807) is 0 Å². The van der Waals surface area contributed by atoms with E-state index in [0.29, 0.717) is 11.8 Å². The number of aromatic nitrogens is 1. The second kappa shape index (κ2) is 13.0. The number of fused-ring (bicyclic) bond motifs is 2. The number of allylic oxidation sites excluding steroid dienone is 4. The van der Waals surface area contributed by atoms with Gasteiger partial charge in [-0.15, -0.1) is 0 Å².